The molecular formula is C16H32N2O. The molecule has 19 heavy (non-hydrogen) atoms. The number of carbonyl (C=O) groups excluding carboxylic acids is 1. The van der Waals surface area contributed by atoms with Crippen molar-refractivity contribution < 1.29 is 4.79 Å². The quantitative estimate of drug-likeness (QED) is 0.823. The van der Waals surface area contributed by atoms with Crippen LogP contribution in [0.1, 0.15) is 60.3 Å². The molecule has 1 aliphatic rings. The van der Waals surface area contributed by atoms with Crippen LogP contribution in [0.5, 0.6) is 0 Å². The second-order valence-corrected chi connectivity index (χ2v) is 7.67. The van der Waals surface area contributed by atoms with E-state index in [4.69, 9.17) is 5.73 Å². The van der Waals surface area contributed by atoms with E-state index in [2.05, 4.69) is 39.9 Å². The maximum absolute atomic E-state index is 12.3. The van der Waals surface area contributed by atoms with Gasteiger partial charge in [-0.2, -0.15) is 0 Å². The number of hydrogen-bond acceptors (Lipinski definition) is 2. The Morgan fingerprint density at radius 1 is 1.26 bits per heavy atom. The van der Waals surface area contributed by atoms with Crippen molar-refractivity contribution in [3.63, 3.8) is 0 Å². The third-order valence-electron chi connectivity index (χ3n) is 4.46. The van der Waals surface area contributed by atoms with Crippen LogP contribution in [0.3, 0.4) is 0 Å². The van der Waals surface area contributed by atoms with Crippen molar-refractivity contribution in [2.24, 2.45) is 28.9 Å². The first kappa shape index (κ1) is 16.5. The molecule has 0 aromatic carbocycles. The predicted molar refractivity (Wildman–Crippen MR) is 80.7 cm³/mol. The van der Waals surface area contributed by atoms with Gasteiger partial charge in [0, 0.05) is 12.6 Å². The zero-order valence-corrected chi connectivity index (χ0v) is 13.3. The number of rotatable bonds is 4. The van der Waals surface area contributed by atoms with E-state index < -0.39 is 0 Å². The first-order chi connectivity index (χ1) is 8.73. The highest BCUT2D eigenvalue weighted by atomic mass is 16.1. The highest BCUT2D eigenvalue weighted by Gasteiger charge is 2.29. The lowest BCUT2D eigenvalue weighted by molar-refractivity contribution is -0.126. The van der Waals surface area contributed by atoms with Gasteiger partial charge in [-0.15, -0.1) is 0 Å². The first-order valence-corrected chi connectivity index (χ1v) is 7.73. The number of carbonyl (C=O) groups is 1. The van der Waals surface area contributed by atoms with Crippen molar-refractivity contribution >= 4 is 5.91 Å². The maximum Gasteiger partial charge on any atom is 0.224 e. The van der Waals surface area contributed by atoms with Crippen LogP contribution in [-0.4, -0.2) is 18.5 Å². The molecule has 0 bridgehead atoms. The van der Waals surface area contributed by atoms with Crippen LogP contribution < -0.4 is 11.1 Å². The second kappa shape index (κ2) is 6.74. The summed E-state index contributed by atoms with van der Waals surface area (Å²) in [5.41, 5.74) is 5.92. The number of amides is 1. The standard InChI is InChI=1S/C16H32N2O/c1-11-6-7-14(8-12(11)2)18-15(19)13(10-17)9-16(3,4)5/h11-14H,6-10,17H2,1-5H3,(H,18,19). The predicted octanol–water partition coefficient (Wildman–Crippen LogP) is 2.94. The molecule has 4 unspecified atom stereocenters. The Hall–Kier alpha value is -0.570. The largest absolute Gasteiger partial charge is 0.353 e. The number of nitrogens with two attached hydrogens (primary N) is 1. The van der Waals surface area contributed by atoms with Crippen LogP contribution in [0, 0.1) is 23.2 Å². The van der Waals surface area contributed by atoms with Crippen molar-refractivity contribution in [1.82, 2.24) is 5.32 Å². The summed E-state index contributed by atoms with van der Waals surface area (Å²) in [7, 11) is 0. The highest BCUT2D eigenvalue weighted by molar-refractivity contribution is 5.79. The van der Waals surface area contributed by atoms with Gasteiger partial charge in [-0.05, 0) is 42.9 Å². The van der Waals surface area contributed by atoms with E-state index in [0.29, 0.717) is 18.5 Å². The Bertz CT molecular complexity index is 296. The van der Waals surface area contributed by atoms with Crippen molar-refractivity contribution in [3.8, 4) is 0 Å². The Balaban J connectivity index is 2.49. The van der Waals surface area contributed by atoms with Gasteiger partial charge < -0.3 is 11.1 Å². The van der Waals surface area contributed by atoms with Gasteiger partial charge in [0.2, 0.25) is 5.91 Å². The van der Waals surface area contributed by atoms with Crippen LogP contribution in [0.15, 0.2) is 0 Å². The van der Waals surface area contributed by atoms with E-state index in [0.717, 1.165) is 25.2 Å². The molecule has 1 aliphatic carbocycles. The van der Waals surface area contributed by atoms with Gasteiger partial charge >= 0.3 is 0 Å². The van der Waals surface area contributed by atoms with Gasteiger partial charge in [-0.25, -0.2) is 0 Å². The fourth-order valence-electron chi connectivity index (χ4n) is 3.02. The lowest BCUT2D eigenvalue weighted by atomic mass is 9.78. The Labute approximate surface area is 118 Å². The van der Waals surface area contributed by atoms with Gasteiger partial charge in [-0.3, -0.25) is 4.79 Å². The van der Waals surface area contributed by atoms with Crippen molar-refractivity contribution in [3.05, 3.63) is 0 Å². The van der Waals surface area contributed by atoms with Gasteiger partial charge in [0.05, 0.1) is 5.92 Å². The molecule has 4 atom stereocenters. The summed E-state index contributed by atoms with van der Waals surface area (Å²) in [5.74, 6) is 1.60. The summed E-state index contributed by atoms with van der Waals surface area (Å²) in [6, 6.07) is 0.354. The summed E-state index contributed by atoms with van der Waals surface area (Å²) >= 11 is 0. The number of nitrogens with one attached hydrogen (secondary N) is 1. The lowest BCUT2D eigenvalue weighted by Gasteiger charge is -2.34. The molecule has 0 aromatic rings. The zero-order valence-electron chi connectivity index (χ0n) is 13.3. The smallest absolute Gasteiger partial charge is 0.224 e. The fraction of sp³-hybridized carbons (Fsp3) is 0.938. The van der Waals surface area contributed by atoms with Gasteiger partial charge in [0.15, 0.2) is 0 Å². The average Bonchev–Trinajstić information content (AvgIpc) is 2.29. The average molecular weight is 268 g/mol. The summed E-state index contributed by atoms with van der Waals surface area (Å²) in [4.78, 5) is 12.3. The van der Waals surface area contributed by atoms with Gasteiger partial charge in [0.1, 0.15) is 0 Å². The van der Waals surface area contributed by atoms with E-state index in [-0.39, 0.29) is 17.2 Å². The molecular weight excluding hydrogens is 236 g/mol. The van der Waals surface area contributed by atoms with Crippen molar-refractivity contribution in [2.45, 2.75) is 66.3 Å². The SMILES string of the molecule is CC1CCC(NC(=O)C(CN)CC(C)(C)C)CC1C. The minimum atomic E-state index is -0.0466. The first-order valence-electron chi connectivity index (χ1n) is 7.73. The molecule has 112 valence electrons. The molecule has 3 N–H and O–H groups in total. The highest BCUT2D eigenvalue weighted by Crippen LogP contribution is 2.30. The molecule has 0 saturated heterocycles. The molecule has 1 rings (SSSR count). The van der Waals surface area contributed by atoms with Crippen LogP contribution in [0.2, 0.25) is 0 Å². The van der Waals surface area contributed by atoms with Crippen LogP contribution in [-0.2, 0) is 4.79 Å². The Morgan fingerprint density at radius 3 is 2.37 bits per heavy atom. The summed E-state index contributed by atoms with van der Waals surface area (Å²) < 4.78 is 0. The Kier molecular flexibility index (Phi) is 5.84. The molecule has 0 aromatic heterocycles. The summed E-state index contributed by atoms with van der Waals surface area (Å²) in [5, 5.41) is 3.22. The van der Waals surface area contributed by atoms with Crippen molar-refractivity contribution in [1.29, 1.82) is 0 Å². The molecule has 0 heterocycles. The van der Waals surface area contributed by atoms with Gasteiger partial charge in [-0.1, -0.05) is 34.6 Å². The molecule has 0 radical (unpaired) electrons. The van der Waals surface area contributed by atoms with Crippen LogP contribution >= 0.6 is 0 Å². The third-order valence-corrected chi connectivity index (χ3v) is 4.46. The van der Waals surface area contributed by atoms with E-state index >= 15 is 0 Å². The fourth-order valence-corrected chi connectivity index (χ4v) is 3.02. The molecule has 1 fully saturated rings. The van der Waals surface area contributed by atoms with E-state index in [1.54, 1.807) is 0 Å². The molecule has 3 nitrogen and oxygen atoms in total. The molecule has 1 saturated carbocycles. The topological polar surface area (TPSA) is 55.1 Å². The zero-order chi connectivity index (χ0) is 14.6. The van der Waals surface area contributed by atoms with E-state index in [1.165, 1.54) is 6.42 Å². The molecule has 1 amide bonds. The molecule has 0 aliphatic heterocycles. The van der Waals surface area contributed by atoms with Crippen LogP contribution in [0.4, 0.5) is 0 Å². The lowest BCUT2D eigenvalue weighted by Crippen LogP contribution is -2.45. The summed E-state index contributed by atoms with van der Waals surface area (Å²) in [6.45, 7) is 11.5. The second-order valence-electron chi connectivity index (χ2n) is 7.67. The van der Waals surface area contributed by atoms with Gasteiger partial charge in [0.25, 0.3) is 0 Å². The monoisotopic (exact) mass is 268 g/mol. The van der Waals surface area contributed by atoms with Crippen LogP contribution in [0.25, 0.3) is 0 Å². The summed E-state index contributed by atoms with van der Waals surface area (Å²) in [6.07, 6.45) is 4.30. The third kappa shape index (κ3) is 5.52. The molecule has 0 spiro atoms. The maximum atomic E-state index is 12.3. The van der Waals surface area contributed by atoms with E-state index in [9.17, 15) is 4.79 Å². The minimum absolute atomic E-state index is 0.0466. The molecule has 3 heteroatoms. The Morgan fingerprint density at radius 2 is 1.89 bits per heavy atom. The van der Waals surface area contributed by atoms with E-state index in [1.807, 2.05) is 0 Å². The van der Waals surface area contributed by atoms with Crippen molar-refractivity contribution in [2.75, 3.05) is 6.54 Å². The number of hydrogen-bond donors (Lipinski definition) is 2. The minimum Gasteiger partial charge on any atom is -0.353 e. The normalized spacial score (nSPS) is 29.9.